The molecule has 0 aliphatic carbocycles. The van der Waals surface area contributed by atoms with Crippen molar-refractivity contribution >= 4 is 21.8 Å². The lowest BCUT2D eigenvalue weighted by molar-refractivity contribution is -0.131. The van der Waals surface area contributed by atoms with Gasteiger partial charge in [-0.25, -0.2) is 4.68 Å². The summed E-state index contributed by atoms with van der Waals surface area (Å²) in [7, 11) is 0. The van der Waals surface area contributed by atoms with Gasteiger partial charge >= 0.3 is 0 Å². The molecule has 0 N–H and O–H groups in total. The first-order valence-electron chi connectivity index (χ1n) is 9.89. The number of likely N-dealkylation sites (tertiary alicyclic amines) is 1. The topological polar surface area (TPSA) is 89.9 Å². The summed E-state index contributed by atoms with van der Waals surface area (Å²) in [6, 6.07) is 8.10. The third-order valence-corrected chi connectivity index (χ3v) is 5.66. The second-order valence-corrected chi connectivity index (χ2v) is 8.18. The lowest BCUT2D eigenvalue weighted by Crippen LogP contribution is -2.40. The van der Waals surface area contributed by atoms with Crippen LogP contribution in [0.3, 0.4) is 0 Å². The first-order chi connectivity index (χ1) is 14.1. The smallest absolute Gasteiger partial charge is 0.280 e. The number of piperidine rings is 1. The highest BCUT2D eigenvalue weighted by Crippen LogP contribution is 2.24. The van der Waals surface area contributed by atoms with E-state index in [1.807, 2.05) is 40.0 Å². The van der Waals surface area contributed by atoms with Crippen molar-refractivity contribution in [3.05, 3.63) is 46.3 Å². The van der Waals surface area contributed by atoms with Gasteiger partial charge in [-0.05, 0) is 37.0 Å². The molecule has 29 heavy (non-hydrogen) atoms. The maximum Gasteiger partial charge on any atom is 0.280 e. The monoisotopic (exact) mass is 458 g/mol. The molecule has 1 amide bonds. The average molecular weight is 459 g/mol. The van der Waals surface area contributed by atoms with Crippen LogP contribution in [0.25, 0.3) is 11.6 Å². The van der Waals surface area contributed by atoms with Crippen LogP contribution in [-0.2, 0) is 17.6 Å². The molecular weight excluding hydrogens is 436 g/mol. The molecule has 3 heterocycles. The Bertz CT molecular complexity index is 960. The SMILES string of the molecule is CCCc1noc(-c2cn(C3CCN(C(=O)Cc4ccc(Br)cc4)CC3)nn2)n1. The fraction of sp³-hybridized carbons (Fsp3) is 0.450. The Morgan fingerprint density at radius 2 is 2.00 bits per heavy atom. The van der Waals surface area contributed by atoms with Crippen LogP contribution in [0.4, 0.5) is 0 Å². The van der Waals surface area contributed by atoms with E-state index in [1.165, 1.54) is 0 Å². The quantitative estimate of drug-likeness (QED) is 0.561. The van der Waals surface area contributed by atoms with Crippen molar-refractivity contribution in [2.45, 2.75) is 45.1 Å². The highest BCUT2D eigenvalue weighted by molar-refractivity contribution is 9.10. The van der Waals surface area contributed by atoms with Gasteiger partial charge in [0, 0.05) is 24.0 Å². The van der Waals surface area contributed by atoms with Crippen molar-refractivity contribution < 1.29 is 9.32 Å². The van der Waals surface area contributed by atoms with Gasteiger partial charge in [-0.1, -0.05) is 45.4 Å². The standard InChI is InChI=1S/C20H23BrN6O2/c1-2-3-18-22-20(29-24-18)17-13-27(25-23-17)16-8-10-26(11-9-16)19(28)12-14-4-6-15(21)7-5-14/h4-7,13,16H,2-3,8-12H2,1H3. The Kier molecular flexibility index (Phi) is 6.03. The van der Waals surface area contributed by atoms with Crippen molar-refractivity contribution in [3.63, 3.8) is 0 Å². The molecule has 1 aliphatic rings. The Hall–Kier alpha value is -2.55. The molecule has 3 aromatic rings. The average Bonchev–Trinajstić information content (AvgIpc) is 3.40. The lowest BCUT2D eigenvalue weighted by atomic mass is 10.0. The molecule has 152 valence electrons. The Labute approximate surface area is 177 Å². The molecule has 0 spiro atoms. The van der Waals surface area contributed by atoms with Gasteiger partial charge in [-0.3, -0.25) is 4.79 Å². The summed E-state index contributed by atoms with van der Waals surface area (Å²) < 4.78 is 8.16. The van der Waals surface area contributed by atoms with Crippen LogP contribution in [-0.4, -0.2) is 49.0 Å². The molecule has 0 atom stereocenters. The highest BCUT2D eigenvalue weighted by Gasteiger charge is 2.25. The number of hydrogen-bond donors (Lipinski definition) is 0. The van der Waals surface area contributed by atoms with E-state index < -0.39 is 0 Å². The van der Waals surface area contributed by atoms with Crippen molar-refractivity contribution in [2.24, 2.45) is 0 Å². The molecule has 0 radical (unpaired) electrons. The van der Waals surface area contributed by atoms with Gasteiger partial charge in [0.15, 0.2) is 11.5 Å². The summed E-state index contributed by atoms with van der Waals surface area (Å²) >= 11 is 3.42. The molecule has 4 rings (SSSR count). The van der Waals surface area contributed by atoms with E-state index in [-0.39, 0.29) is 11.9 Å². The minimum atomic E-state index is 0.166. The maximum atomic E-state index is 12.6. The number of benzene rings is 1. The van der Waals surface area contributed by atoms with Crippen LogP contribution in [0.5, 0.6) is 0 Å². The van der Waals surface area contributed by atoms with Crippen LogP contribution < -0.4 is 0 Å². The zero-order chi connectivity index (χ0) is 20.2. The molecule has 8 nitrogen and oxygen atoms in total. The Morgan fingerprint density at radius 3 is 2.72 bits per heavy atom. The minimum absolute atomic E-state index is 0.166. The minimum Gasteiger partial charge on any atom is -0.342 e. The van der Waals surface area contributed by atoms with Gasteiger partial charge in [0.25, 0.3) is 5.89 Å². The third kappa shape index (κ3) is 4.72. The number of aryl methyl sites for hydroxylation is 1. The van der Waals surface area contributed by atoms with E-state index in [1.54, 1.807) is 0 Å². The van der Waals surface area contributed by atoms with E-state index >= 15 is 0 Å². The van der Waals surface area contributed by atoms with E-state index in [0.717, 1.165) is 48.8 Å². The summed E-state index contributed by atoms with van der Waals surface area (Å²) in [5.74, 6) is 1.26. The number of rotatable bonds is 6. The van der Waals surface area contributed by atoms with Gasteiger partial charge in [0.2, 0.25) is 5.91 Å². The number of carbonyl (C=O) groups is 1. The number of aromatic nitrogens is 5. The summed E-state index contributed by atoms with van der Waals surface area (Å²) in [5.41, 5.74) is 1.62. The molecular formula is C20H23BrN6O2. The fourth-order valence-corrected chi connectivity index (χ4v) is 3.77. The van der Waals surface area contributed by atoms with Gasteiger partial charge in [-0.2, -0.15) is 4.98 Å². The van der Waals surface area contributed by atoms with Gasteiger partial charge in [0.05, 0.1) is 18.7 Å². The molecule has 0 saturated carbocycles. The number of carbonyl (C=O) groups excluding carboxylic acids is 1. The number of halogens is 1. The van der Waals surface area contributed by atoms with E-state index in [9.17, 15) is 4.79 Å². The van der Waals surface area contributed by atoms with Crippen molar-refractivity contribution in [1.29, 1.82) is 0 Å². The summed E-state index contributed by atoms with van der Waals surface area (Å²) in [5, 5.41) is 12.4. The van der Waals surface area contributed by atoms with Crippen LogP contribution in [0.15, 0.2) is 39.5 Å². The molecule has 9 heteroatoms. The van der Waals surface area contributed by atoms with Crippen molar-refractivity contribution in [1.82, 2.24) is 30.0 Å². The van der Waals surface area contributed by atoms with E-state index in [0.29, 0.717) is 23.8 Å². The first kappa shape index (κ1) is 19.8. The molecule has 2 aromatic heterocycles. The van der Waals surface area contributed by atoms with Crippen LogP contribution in [0, 0.1) is 0 Å². The lowest BCUT2D eigenvalue weighted by Gasteiger charge is -2.32. The Balaban J connectivity index is 1.33. The first-order valence-corrected chi connectivity index (χ1v) is 10.7. The second-order valence-electron chi connectivity index (χ2n) is 7.26. The van der Waals surface area contributed by atoms with E-state index in [4.69, 9.17) is 4.52 Å². The molecule has 1 aliphatic heterocycles. The summed E-state index contributed by atoms with van der Waals surface area (Å²) in [6.07, 6.45) is 5.73. The van der Waals surface area contributed by atoms with Crippen LogP contribution >= 0.6 is 15.9 Å². The second kappa shape index (κ2) is 8.86. The van der Waals surface area contributed by atoms with Gasteiger partial charge in [-0.15, -0.1) is 5.10 Å². The number of hydrogen-bond acceptors (Lipinski definition) is 6. The maximum absolute atomic E-state index is 12.6. The fourth-order valence-electron chi connectivity index (χ4n) is 3.50. The largest absolute Gasteiger partial charge is 0.342 e. The third-order valence-electron chi connectivity index (χ3n) is 5.13. The molecule has 1 saturated heterocycles. The number of amides is 1. The molecule has 1 fully saturated rings. The molecule has 0 bridgehead atoms. The van der Waals surface area contributed by atoms with Crippen molar-refractivity contribution in [2.75, 3.05) is 13.1 Å². The molecule has 0 unspecified atom stereocenters. The highest BCUT2D eigenvalue weighted by atomic mass is 79.9. The van der Waals surface area contributed by atoms with Gasteiger partial charge in [0.1, 0.15) is 0 Å². The van der Waals surface area contributed by atoms with Crippen LogP contribution in [0.2, 0.25) is 0 Å². The summed E-state index contributed by atoms with van der Waals surface area (Å²) in [6.45, 7) is 3.51. The zero-order valence-electron chi connectivity index (χ0n) is 16.3. The normalized spacial score (nSPS) is 15.0. The predicted octanol–water partition coefficient (Wildman–Crippen LogP) is 3.45. The van der Waals surface area contributed by atoms with E-state index in [2.05, 4.69) is 43.3 Å². The van der Waals surface area contributed by atoms with Gasteiger partial charge < -0.3 is 9.42 Å². The molecule has 1 aromatic carbocycles. The van der Waals surface area contributed by atoms with Crippen LogP contribution in [0.1, 0.15) is 43.6 Å². The zero-order valence-corrected chi connectivity index (χ0v) is 17.9. The summed E-state index contributed by atoms with van der Waals surface area (Å²) in [4.78, 5) is 18.9. The predicted molar refractivity (Wildman–Crippen MR) is 110 cm³/mol. The number of nitrogens with zero attached hydrogens (tertiary/aromatic N) is 6. The Morgan fingerprint density at radius 1 is 1.24 bits per heavy atom. The van der Waals surface area contributed by atoms with Crippen molar-refractivity contribution in [3.8, 4) is 11.6 Å².